The number of ether oxygens (including phenoxy) is 1. The van der Waals surface area contributed by atoms with Crippen LogP contribution in [0.1, 0.15) is 29.1 Å². The van der Waals surface area contributed by atoms with Gasteiger partial charge in [0.25, 0.3) is 5.91 Å². The predicted molar refractivity (Wildman–Crippen MR) is 116 cm³/mol. The Morgan fingerprint density at radius 2 is 1.93 bits per heavy atom. The van der Waals surface area contributed by atoms with Gasteiger partial charge in [-0.1, -0.05) is 11.6 Å². The topological polar surface area (TPSA) is 41.6 Å². The van der Waals surface area contributed by atoms with E-state index in [1.54, 1.807) is 7.11 Å². The summed E-state index contributed by atoms with van der Waals surface area (Å²) in [6.45, 7) is 8.16. The van der Waals surface area contributed by atoms with Gasteiger partial charge in [-0.05, 0) is 62.7 Å². The largest absolute Gasteiger partial charge is 0.497 e. The molecule has 3 aromatic rings. The molecule has 0 saturated carbocycles. The first-order valence-corrected chi connectivity index (χ1v) is 10.1. The van der Waals surface area contributed by atoms with E-state index in [-0.39, 0.29) is 5.91 Å². The minimum atomic E-state index is -0.196. The maximum atomic E-state index is 12.8. The minimum Gasteiger partial charge on any atom is -0.497 e. The van der Waals surface area contributed by atoms with Gasteiger partial charge in [0.05, 0.1) is 12.1 Å². The smallest absolute Gasteiger partial charge is 0.267 e. The summed E-state index contributed by atoms with van der Waals surface area (Å²) in [7, 11) is 1.61. The molecule has 0 spiro atoms. The van der Waals surface area contributed by atoms with Gasteiger partial charge < -0.3 is 15.0 Å². The molecule has 142 valence electrons. The van der Waals surface area contributed by atoms with E-state index in [1.807, 2.05) is 37.3 Å². The summed E-state index contributed by atoms with van der Waals surface area (Å²) in [6, 6.07) is 11.7. The number of hydrogen-bond donors (Lipinski definition) is 1. The molecule has 27 heavy (non-hydrogen) atoms. The molecule has 0 atom stereocenters. The van der Waals surface area contributed by atoms with Gasteiger partial charge in [0.1, 0.15) is 10.6 Å². The summed E-state index contributed by atoms with van der Waals surface area (Å²) in [5.41, 5.74) is 2.97. The second-order valence-electron chi connectivity index (χ2n) is 6.23. The van der Waals surface area contributed by atoms with Crippen molar-refractivity contribution in [1.29, 1.82) is 0 Å². The third-order valence-electron chi connectivity index (χ3n) is 4.63. The number of fused-ring (bicyclic) bond motifs is 1. The molecule has 6 heteroatoms. The number of carbonyl (C=O) groups excluding carboxylic acids is 1. The lowest BCUT2D eigenvalue weighted by Crippen LogP contribution is -2.22. The van der Waals surface area contributed by atoms with Crippen molar-refractivity contribution in [1.82, 2.24) is 0 Å². The van der Waals surface area contributed by atoms with Crippen LogP contribution in [0.4, 0.5) is 11.4 Å². The Kier molecular flexibility index (Phi) is 5.92. The molecular formula is C21H23ClN2O2S. The zero-order valence-corrected chi connectivity index (χ0v) is 17.5. The maximum Gasteiger partial charge on any atom is 0.267 e. The summed E-state index contributed by atoms with van der Waals surface area (Å²) in [4.78, 5) is 15.6. The van der Waals surface area contributed by atoms with Crippen molar-refractivity contribution in [2.45, 2.75) is 20.8 Å². The Morgan fingerprint density at radius 1 is 1.19 bits per heavy atom. The van der Waals surface area contributed by atoms with Crippen LogP contribution in [0.3, 0.4) is 0 Å². The summed E-state index contributed by atoms with van der Waals surface area (Å²) in [5.74, 6) is 0.524. The Balaban J connectivity index is 1.87. The molecule has 1 N–H and O–H groups in total. The van der Waals surface area contributed by atoms with Crippen LogP contribution < -0.4 is 15.0 Å². The number of nitrogens with one attached hydrogen (secondary N) is 1. The fourth-order valence-electron chi connectivity index (χ4n) is 3.07. The molecule has 3 rings (SSSR count). The predicted octanol–water partition coefficient (Wildman–Crippen LogP) is 5.97. The third-order valence-corrected chi connectivity index (χ3v) is 6.30. The van der Waals surface area contributed by atoms with Gasteiger partial charge in [0.15, 0.2) is 0 Å². The second kappa shape index (κ2) is 8.19. The zero-order valence-electron chi connectivity index (χ0n) is 15.9. The van der Waals surface area contributed by atoms with E-state index in [0.29, 0.717) is 9.90 Å². The fraction of sp³-hybridized carbons (Fsp3) is 0.286. The lowest BCUT2D eigenvalue weighted by molar-refractivity contribution is 0.103. The Hall–Kier alpha value is -2.24. The zero-order chi connectivity index (χ0) is 19.6. The number of rotatable bonds is 6. The van der Waals surface area contributed by atoms with Crippen LogP contribution in [0.25, 0.3) is 10.1 Å². The summed E-state index contributed by atoms with van der Waals surface area (Å²) in [5, 5.41) is 4.29. The number of carbonyl (C=O) groups is 1. The fourth-order valence-corrected chi connectivity index (χ4v) is 4.46. The van der Waals surface area contributed by atoms with Crippen molar-refractivity contribution in [3.05, 3.63) is 51.9 Å². The molecule has 4 nitrogen and oxygen atoms in total. The molecule has 1 heterocycles. The Labute approximate surface area is 168 Å². The highest BCUT2D eigenvalue weighted by atomic mass is 35.5. The average Bonchev–Trinajstić information content (AvgIpc) is 3.01. The molecule has 0 aliphatic heterocycles. The first-order chi connectivity index (χ1) is 13.0. The number of aryl methyl sites for hydroxylation is 1. The van der Waals surface area contributed by atoms with Gasteiger partial charge >= 0.3 is 0 Å². The second-order valence-corrected chi connectivity index (χ2v) is 7.66. The number of thiophene rings is 1. The highest BCUT2D eigenvalue weighted by Gasteiger charge is 2.18. The van der Waals surface area contributed by atoms with E-state index < -0.39 is 0 Å². The van der Waals surface area contributed by atoms with E-state index in [9.17, 15) is 4.79 Å². The number of nitrogens with zero attached hydrogens (tertiary/aromatic N) is 1. The van der Waals surface area contributed by atoms with Crippen molar-refractivity contribution in [2.75, 3.05) is 30.4 Å². The Bertz CT molecular complexity index is 980. The Morgan fingerprint density at radius 3 is 2.56 bits per heavy atom. The van der Waals surface area contributed by atoms with Gasteiger partial charge in [-0.3, -0.25) is 4.79 Å². The van der Waals surface area contributed by atoms with Gasteiger partial charge in [0.2, 0.25) is 0 Å². The van der Waals surface area contributed by atoms with Crippen LogP contribution in [0.15, 0.2) is 36.4 Å². The number of hydrogen-bond acceptors (Lipinski definition) is 4. The maximum absolute atomic E-state index is 12.8. The molecular weight excluding hydrogens is 380 g/mol. The first kappa shape index (κ1) is 19.5. The lowest BCUT2D eigenvalue weighted by Gasteiger charge is -2.22. The van der Waals surface area contributed by atoms with Crippen molar-refractivity contribution < 1.29 is 9.53 Å². The van der Waals surface area contributed by atoms with Crippen LogP contribution in [-0.4, -0.2) is 26.1 Å². The van der Waals surface area contributed by atoms with Gasteiger partial charge in [-0.2, -0.15) is 0 Å². The molecule has 0 aliphatic carbocycles. The minimum absolute atomic E-state index is 0.196. The number of amides is 1. The van der Waals surface area contributed by atoms with Crippen molar-refractivity contribution in [2.24, 2.45) is 0 Å². The monoisotopic (exact) mass is 402 g/mol. The summed E-state index contributed by atoms with van der Waals surface area (Å²) in [6.07, 6.45) is 0. The number of halogens is 1. The van der Waals surface area contributed by atoms with E-state index in [1.165, 1.54) is 11.3 Å². The summed E-state index contributed by atoms with van der Waals surface area (Å²) < 4.78 is 6.21. The van der Waals surface area contributed by atoms with Crippen molar-refractivity contribution >= 4 is 50.3 Å². The van der Waals surface area contributed by atoms with Crippen molar-refractivity contribution in [3.63, 3.8) is 0 Å². The highest BCUT2D eigenvalue weighted by molar-refractivity contribution is 7.21. The molecule has 0 aliphatic rings. The van der Waals surface area contributed by atoms with E-state index in [0.717, 1.165) is 45.9 Å². The quantitative estimate of drug-likeness (QED) is 0.552. The molecule has 1 amide bonds. The molecule has 1 aromatic heterocycles. The average molecular weight is 403 g/mol. The van der Waals surface area contributed by atoms with Crippen LogP contribution in [0.2, 0.25) is 5.02 Å². The lowest BCUT2D eigenvalue weighted by atomic mass is 10.1. The molecule has 0 bridgehead atoms. The highest BCUT2D eigenvalue weighted by Crippen LogP contribution is 2.38. The van der Waals surface area contributed by atoms with E-state index >= 15 is 0 Å². The number of methoxy groups -OCH3 is 1. The molecule has 0 saturated heterocycles. The van der Waals surface area contributed by atoms with Crippen LogP contribution in [0, 0.1) is 6.92 Å². The SMILES string of the molecule is CCN(CC)c1ccc(NC(=O)c2sc3ccc(OC)cc3c2Cl)c(C)c1. The normalized spacial score (nSPS) is 10.9. The first-order valence-electron chi connectivity index (χ1n) is 8.91. The van der Waals surface area contributed by atoms with Crippen LogP contribution in [0.5, 0.6) is 5.75 Å². The molecule has 0 unspecified atom stereocenters. The van der Waals surface area contributed by atoms with Crippen LogP contribution in [-0.2, 0) is 0 Å². The summed E-state index contributed by atoms with van der Waals surface area (Å²) >= 11 is 7.86. The van der Waals surface area contributed by atoms with Gasteiger partial charge in [-0.15, -0.1) is 11.3 Å². The van der Waals surface area contributed by atoms with Gasteiger partial charge in [0, 0.05) is 34.6 Å². The number of anilines is 2. The van der Waals surface area contributed by atoms with E-state index in [4.69, 9.17) is 16.3 Å². The van der Waals surface area contributed by atoms with Gasteiger partial charge in [-0.25, -0.2) is 0 Å². The standard InChI is InChI=1S/C21H23ClN2O2S/c1-5-24(6-2)14-7-9-17(13(3)11-14)23-21(25)20-19(22)16-12-15(26-4)8-10-18(16)27-20/h7-12H,5-6H2,1-4H3,(H,23,25). The van der Waals surface area contributed by atoms with E-state index in [2.05, 4.69) is 30.1 Å². The van der Waals surface area contributed by atoms with Crippen molar-refractivity contribution in [3.8, 4) is 5.75 Å². The molecule has 2 aromatic carbocycles. The molecule has 0 fully saturated rings. The molecule has 0 radical (unpaired) electrons. The third kappa shape index (κ3) is 3.89. The number of benzene rings is 2. The van der Waals surface area contributed by atoms with Crippen LogP contribution >= 0.6 is 22.9 Å².